The van der Waals surface area contributed by atoms with Crippen LogP contribution in [-0.4, -0.2) is 4.92 Å². The van der Waals surface area contributed by atoms with Gasteiger partial charge in [-0.2, -0.15) is 0 Å². The van der Waals surface area contributed by atoms with E-state index in [1.165, 1.54) is 0 Å². The van der Waals surface area contributed by atoms with Gasteiger partial charge in [0.25, 0.3) is 5.69 Å². The van der Waals surface area contributed by atoms with Crippen LogP contribution >= 0.6 is 15.9 Å². The van der Waals surface area contributed by atoms with Gasteiger partial charge in [-0.3, -0.25) is 10.1 Å². The molecule has 1 spiro atoms. The van der Waals surface area contributed by atoms with Crippen molar-refractivity contribution in [2.24, 2.45) is 0 Å². The average molecular weight is 556 g/mol. The molecule has 0 fully saturated rings. The molecule has 0 amide bonds. The molecule has 0 saturated heterocycles. The molecule has 0 bridgehead atoms. The fraction of sp³-hybridized carbons (Fsp3) is 0.0303. The van der Waals surface area contributed by atoms with E-state index in [1.54, 1.807) is 12.1 Å². The smallest absolute Gasteiger partial charge is 0.269 e. The first-order chi connectivity index (χ1) is 18.6. The van der Waals surface area contributed by atoms with Crippen LogP contribution < -0.4 is 4.74 Å². The quantitative estimate of drug-likeness (QED) is 0.150. The van der Waals surface area contributed by atoms with Crippen molar-refractivity contribution in [2.45, 2.75) is 5.41 Å². The van der Waals surface area contributed by atoms with Crippen LogP contribution in [0.5, 0.6) is 11.5 Å². The summed E-state index contributed by atoms with van der Waals surface area (Å²) in [6.45, 7) is 0. The Morgan fingerprint density at radius 2 is 1.18 bits per heavy atom. The average Bonchev–Trinajstić information content (AvgIpc) is 3.22. The Hall–Kier alpha value is -4.48. The molecule has 6 aromatic carbocycles. The number of non-ortho nitro benzene ring substituents is 1. The zero-order valence-electron chi connectivity index (χ0n) is 19.9. The molecule has 0 unspecified atom stereocenters. The molecule has 0 saturated carbocycles. The number of hydrogen-bond acceptors (Lipinski definition) is 3. The minimum Gasteiger partial charge on any atom is -0.455 e. The minimum atomic E-state index is -0.794. The standard InChI is InChI=1S/C33H18BrNO3/c34-21-11-13-25-26-14-12-22(35(36)37)18-30(26)33(29(25)17-21)27-15-9-19-5-1-3-7-23(19)31(27)38-32-24-8-4-2-6-20(24)10-16-28(32)33/h1-18H. The Kier molecular flexibility index (Phi) is 4.28. The van der Waals surface area contributed by atoms with E-state index in [9.17, 15) is 10.1 Å². The predicted octanol–water partition coefficient (Wildman–Crippen LogP) is 9.13. The Balaban J connectivity index is 1.63. The van der Waals surface area contributed by atoms with Gasteiger partial charge in [-0.1, -0.05) is 94.8 Å². The van der Waals surface area contributed by atoms with Crippen LogP contribution in [0.25, 0.3) is 32.7 Å². The second-order valence-corrected chi connectivity index (χ2v) is 10.8. The summed E-state index contributed by atoms with van der Waals surface area (Å²) in [5.74, 6) is 1.58. The summed E-state index contributed by atoms with van der Waals surface area (Å²) in [5.41, 5.74) is 5.30. The van der Waals surface area contributed by atoms with E-state index in [2.05, 4.69) is 76.6 Å². The summed E-state index contributed by atoms with van der Waals surface area (Å²) in [5, 5.41) is 16.2. The van der Waals surface area contributed by atoms with E-state index >= 15 is 0 Å². The molecule has 1 heterocycles. The van der Waals surface area contributed by atoms with Crippen LogP contribution in [0.2, 0.25) is 0 Å². The zero-order valence-corrected chi connectivity index (χ0v) is 21.5. The fourth-order valence-corrected chi connectivity index (χ4v) is 6.88. The molecular weight excluding hydrogens is 538 g/mol. The van der Waals surface area contributed by atoms with Gasteiger partial charge in [0.1, 0.15) is 11.5 Å². The van der Waals surface area contributed by atoms with E-state index in [4.69, 9.17) is 4.74 Å². The van der Waals surface area contributed by atoms with Gasteiger partial charge in [0.15, 0.2) is 0 Å². The van der Waals surface area contributed by atoms with Crippen molar-refractivity contribution in [3.8, 4) is 22.6 Å². The normalized spacial score (nSPS) is 14.0. The predicted molar refractivity (Wildman–Crippen MR) is 153 cm³/mol. The van der Waals surface area contributed by atoms with Gasteiger partial charge in [0, 0.05) is 38.5 Å². The third kappa shape index (κ3) is 2.64. The van der Waals surface area contributed by atoms with Gasteiger partial charge in [0.05, 0.1) is 10.3 Å². The van der Waals surface area contributed by atoms with E-state index in [1.807, 2.05) is 36.4 Å². The molecule has 5 heteroatoms. The van der Waals surface area contributed by atoms with Gasteiger partial charge < -0.3 is 4.74 Å². The number of fused-ring (bicyclic) bond motifs is 13. The third-order valence-corrected chi connectivity index (χ3v) is 8.56. The van der Waals surface area contributed by atoms with Crippen molar-refractivity contribution in [3.63, 3.8) is 0 Å². The van der Waals surface area contributed by atoms with Gasteiger partial charge >= 0.3 is 0 Å². The van der Waals surface area contributed by atoms with E-state index in [0.717, 1.165) is 70.9 Å². The number of halogens is 1. The van der Waals surface area contributed by atoms with Crippen molar-refractivity contribution < 1.29 is 9.66 Å². The SMILES string of the molecule is O=[N+]([O-])c1ccc2c(c1)C1(c3cc(Br)ccc3-2)c2ccc3ccccc3c2Oc2c1ccc1ccccc21. The van der Waals surface area contributed by atoms with E-state index < -0.39 is 5.41 Å². The van der Waals surface area contributed by atoms with E-state index in [-0.39, 0.29) is 10.6 Å². The second kappa shape index (κ2) is 7.53. The van der Waals surface area contributed by atoms with Crippen LogP contribution in [0.1, 0.15) is 22.3 Å². The molecular formula is C33H18BrNO3. The largest absolute Gasteiger partial charge is 0.455 e. The Labute approximate surface area is 226 Å². The number of nitro groups is 1. The summed E-state index contributed by atoms with van der Waals surface area (Å²) < 4.78 is 7.84. The number of ether oxygens (including phenoxy) is 1. The maximum absolute atomic E-state index is 12.0. The summed E-state index contributed by atoms with van der Waals surface area (Å²) in [6.07, 6.45) is 0. The first kappa shape index (κ1) is 21.6. The zero-order chi connectivity index (χ0) is 25.6. The molecule has 0 radical (unpaired) electrons. The maximum atomic E-state index is 12.0. The second-order valence-electron chi connectivity index (χ2n) is 9.86. The van der Waals surface area contributed by atoms with Gasteiger partial charge in [0.2, 0.25) is 0 Å². The number of hydrogen-bond donors (Lipinski definition) is 0. The van der Waals surface area contributed by atoms with Crippen LogP contribution in [0, 0.1) is 10.1 Å². The third-order valence-electron chi connectivity index (χ3n) is 8.07. The van der Waals surface area contributed by atoms with Crippen molar-refractivity contribution in [1.29, 1.82) is 0 Å². The van der Waals surface area contributed by atoms with Crippen molar-refractivity contribution in [1.82, 2.24) is 0 Å². The summed E-state index contributed by atoms with van der Waals surface area (Å²) in [4.78, 5) is 11.7. The molecule has 4 nitrogen and oxygen atoms in total. The highest BCUT2D eigenvalue weighted by Gasteiger charge is 2.52. The number of rotatable bonds is 1. The molecule has 1 aliphatic carbocycles. The number of benzene rings is 6. The molecule has 2 aliphatic rings. The lowest BCUT2D eigenvalue weighted by atomic mass is 9.65. The van der Waals surface area contributed by atoms with E-state index in [0.29, 0.717) is 0 Å². The highest BCUT2D eigenvalue weighted by atomic mass is 79.9. The molecule has 1 aliphatic heterocycles. The summed E-state index contributed by atoms with van der Waals surface area (Å²) >= 11 is 3.72. The summed E-state index contributed by atoms with van der Waals surface area (Å²) in [7, 11) is 0. The van der Waals surface area contributed by atoms with Crippen molar-refractivity contribution in [3.05, 3.63) is 146 Å². The summed E-state index contributed by atoms with van der Waals surface area (Å²) in [6, 6.07) is 36.5. The van der Waals surface area contributed by atoms with Crippen LogP contribution in [-0.2, 0) is 5.41 Å². The Bertz CT molecular complexity index is 1930. The van der Waals surface area contributed by atoms with Gasteiger partial charge in [-0.05, 0) is 51.2 Å². The topological polar surface area (TPSA) is 52.4 Å². The lowest BCUT2D eigenvalue weighted by Gasteiger charge is -2.40. The highest BCUT2D eigenvalue weighted by Crippen LogP contribution is 2.64. The number of nitrogens with zero attached hydrogens (tertiary/aromatic N) is 1. The van der Waals surface area contributed by atoms with Gasteiger partial charge in [-0.15, -0.1) is 0 Å². The fourth-order valence-electron chi connectivity index (χ4n) is 6.52. The molecule has 0 aromatic heterocycles. The Morgan fingerprint density at radius 3 is 1.79 bits per heavy atom. The lowest BCUT2D eigenvalue weighted by molar-refractivity contribution is -0.384. The van der Waals surface area contributed by atoms with Crippen LogP contribution in [0.3, 0.4) is 0 Å². The molecule has 0 atom stereocenters. The monoisotopic (exact) mass is 555 g/mol. The minimum absolute atomic E-state index is 0.0752. The molecule has 0 N–H and O–H groups in total. The van der Waals surface area contributed by atoms with Crippen LogP contribution in [0.4, 0.5) is 5.69 Å². The lowest BCUT2D eigenvalue weighted by Crippen LogP contribution is -2.32. The highest BCUT2D eigenvalue weighted by molar-refractivity contribution is 9.10. The Morgan fingerprint density at radius 1 is 0.632 bits per heavy atom. The molecule has 6 aromatic rings. The number of nitro benzene ring substituents is 1. The van der Waals surface area contributed by atoms with Crippen molar-refractivity contribution >= 4 is 43.2 Å². The first-order valence-corrected chi connectivity index (χ1v) is 13.2. The van der Waals surface area contributed by atoms with Crippen LogP contribution in [0.15, 0.2) is 114 Å². The maximum Gasteiger partial charge on any atom is 0.269 e. The van der Waals surface area contributed by atoms with Crippen molar-refractivity contribution in [2.75, 3.05) is 0 Å². The molecule has 180 valence electrons. The molecule has 8 rings (SSSR count). The van der Waals surface area contributed by atoms with Gasteiger partial charge in [-0.25, -0.2) is 0 Å². The first-order valence-electron chi connectivity index (χ1n) is 12.4. The molecule has 38 heavy (non-hydrogen) atoms.